The molecule has 0 radical (unpaired) electrons. The van der Waals surface area contributed by atoms with Gasteiger partial charge in [0.25, 0.3) is 17.5 Å². The molecule has 0 unspecified atom stereocenters. The SMILES string of the molecule is CC[C@@H](C)Oc1ccc([N+](=O)[O-])cc1/C=C1/C(=O)NN(c2ccccc2)C1=O. The van der Waals surface area contributed by atoms with Gasteiger partial charge in [-0.25, -0.2) is 5.01 Å². The Kier molecular flexibility index (Phi) is 5.39. The van der Waals surface area contributed by atoms with Crippen molar-refractivity contribution in [3.8, 4) is 5.75 Å². The molecule has 0 bridgehead atoms. The molecule has 8 heteroatoms. The largest absolute Gasteiger partial charge is 0.490 e. The molecule has 1 aliphatic heterocycles. The maximum atomic E-state index is 12.7. The fourth-order valence-corrected chi connectivity index (χ4v) is 2.64. The van der Waals surface area contributed by atoms with Gasteiger partial charge in [-0.2, -0.15) is 0 Å². The lowest BCUT2D eigenvalue weighted by Gasteiger charge is -2.15. The van der Waals surface area contributed by atoms with E-state index in [0.717, 1.165) is 11.4 Å². The lowest BCUT2D eigenvalue weighted by Crippen LogP contribution is -2.35. The molecule has 0 aromatic heterocycles. The van der Waals surface area contributed by atoms with E-state index in [-0.39, 0.29) is 17.4 Å². The van der Waals surface area contributed by atoms with Crippen LogP contribution in [-0.4, -0.2) is 22.8 Å². The average molecular weight is 381 g/mol. The Bertz CT molecular complexity index is 956. The number of nitro benzene ring substituents is 1. The van der Waals surface area contributed by atoms with E-state index in [1.165, 1.54) is 24.3 Å². The smallest absolute Gasteiger partial charge is 0.282 e. The summed E-state index contributed by atoms with van der Waals surface area (Å²) in [5, 5.41) is 12.3. The number of nitro groups is 1. The zero-order valence-electron chi connectivity index (χ0n) is 15.4. The highest BCUT2D eigenvalue weighted by Gasteiger charge is 2.34. The van der Waals surface area contributed by atoms with Crippen LogP contribution in [0.4, 0.5) is 11.4 Å². The Hall–Kier alpha value is -3.68. The number of nitrogens with one attached hydrogen (secondary N) is 1. The molecule has 1 N–H and O–H groups in total. The molecular formula is C20H19N3O5. The van der Waals surface area contributed by atoms with Gasteiger partial charge in [-0.3, -0.25) is 25.1 Å². The molecule has 2 aromatic carbocycles. The van der Waals surface area contributed by atoms with Crippen LogP contribution in [0.15, 0.2) is 54.1 Å². The number of amides is 2. The molecule has 2 amide bonds. The summed E-state index contributed by atoms with van der Waals surface area (Å²) in [6.07, 6.45) is 1.92. The molecule has 3 rings (SSSR count). The molecular weight excluding hydrogens is 362 g/mol. The summed E-state index contributed by atoms with van der Waals surface area (Å²) in [4.78, 5) is 35.7. The van der Waals surface area contributed by atoms with Crippen LogP contribution in [0.25, 0.3) is 6.08 Å². The third-order valence-electron chi connectivity index (χ3n) is 4.31. The van der Waals surface area contributed by atoms with Crippen molar-refractivity contribution in [2.24, 2.45) is 0 Å². The number of anilines is 1. The van der Waals surface area contributed by atoms with Gasteiger partial charge in [-0.05, 0) is 37.6 Å². The van der Waals surface area contributed by atoms with E-state index in [4.69, 9.17) is 4.74 Å². The number of para-hydroxylation sites is 1. The number of rotatable bonds is 6. The number of hydrogen-bond donors (Lipinski definition) is 1. The van der Waals surface area contributed by atoms with Crippen molar-refractivity contribution in [2.45, 2.75) is 26.4 Å². The van der Waals surface area contributed by atoms with Crippen molar-refractivity contribution in [3.63, 3.8) is 0 Å². The second kappa shape index (κ2) is 7.91. The molecule has 28 heavy (non-hydrogen) atoms. The minimum Gasteiger partial charge on any atom is -0.490 e. The normalized spacial score (nSPS) is 16.2. The van der Waals surface area contributed by atoms with Crippen molar-refractivity contribution < 1.29 is 19.2 Å². The lowest BCUT2D eigenvalue weighted by atomic mass is 10.1. The second-order valence-corrected chi connectivity index (χ2v) is 6.29. The van der Waals surface area contributed by atoms with Crippen LogP contribution in [-0.2, 0) is 9.59 Å². The number of non-ortho nitro benzene ring substituents is 1. The summed E-state index contributed by atoms with van der Waals surface area (Å²) in [7, 11) is 0. The van der Waals surface area contributed by atoms with Crippen LogP contribution in [0.1, 0.15) is 25.8 Å². The molecule has 2 aromatic rings. The summed E-state index contributed by atoms with van der Waals surface area (Å²) in [5.74, 6) is -0.766. The number of hydrogen-bond acceptors (Lipinski definition) is 5. The minimum atomic E-state index is -0.588. The summed E-state index contributed by atoms with van der Waals surface area (Å²) in [6.45, 7) is 3.81. The number of carbonyl (C=O) groups excluding carboxylic acids is 2. The summed E-state index contributed by atoms with van der Waals surface area (Å²) >= 11 is 0. The highest BCUT2D eigenvalue weighted by molar-refractivity contribution is 6.31. The average Bonchev–Trinajstić information content (AvgIpc) is 2.97. The fraction of sp³-hybridized carbons (Fsp3) is 0.200. The van der Waals surface area contributed by atoms with Gasteiger partial charge in [0.05, 0.1) is 16.7 Å². The first-order valence-corrected chi connectivity index (χ1v) is 8.78. The van der Waals surface area contributed by atoms with Crippen molar-refractivity contribution in [1.82, 2.24) is 5.43 Å². The van der Waals surface area contributed by atoms with Gasteiger partial charge in [0.2, 0.25) is 0 Å². The fourth-order valence-electron chi connectivity index (χ4n) is 2.64. The maximum Gasteiger partial charge on any atom is 0.282 e. The van der Waals surface area contributed by atoms with Gasteiger partial charge in [0.15, 0.2) is 0 Å². The maximum absolute atomic E-state index is 12.7. The molecule has 1 heterocycles. The quantitative estimate of drug-likeness (QED) is 0.358. The predicted molar refractivity (Wildman–Crippen MR) is 104 cm³/mol. The van der Waals surface area contributed by atoms with E-state index in [1.807, 2.05) is 13.8 Å². The van der Waals surface area contributed by atoms with Crippen LogP contribution >= 0.6 is 0 Å². The highest BCUT2D eigenvalue weighted by atomic mass is 16.6. The van der Waals surface area contributed by atoms with E-state index >= 15 is 0 Å². The standard InChI is InChI=1S/C20H19N3O5/c1-3-13(2)28-18-10-9-16(23(26)27)11-14(18)12-17-19(24)21-22(20(17)25)15-7-5-4-6-8-15/h4-13H,3H2,1-2H3,(H,21,24)/b17-12-/t13-/m1/s1. The molecule has 0 spiro atoms. The molecule has 8 nitrogen and oxygen atoms in total. The zero-order valence-corrected chi connectivity index (χ0v) is 15.4. The first-order chi connectivity index (χ1) is 13.4. The summed E-state index contributed by atoms with van der Waals surface area (Å²) in [5.41, 5.74) is 3.02. The first kappa shape index (κ1) is 19.1. The number of ether oxygens (including phenoxy) is 1. The Labute approximate surface area is 161 Å². The predicted octanol–water partition coefficient (Wildman–Crippen LogP) is 3.23. The van der Waals surface area contributed by atoms with Crippen molar-refractivity contribution >= 4 is 29.3 Å². The summed E-state index contributed by atoms with van der Waals surface area (Å²) < 4.78 is 5.80. The Morgan fingerprint density at radius 1 is 1.21 bits per heavy atom. The third-order valence-corrected chi connectivity index (χ3v) is 4.31. The first-order valence-electron chi connectivity index (χ1n) is 8.78. The van der Waals surface area contributed by atoms with Gasteiger partial charge in [0, 0.05) is 17.7 Å². The van der Waals surface area contributed by atoms with Crippen molar-refractivity contribution in [2.75, 3.05) is 5.01 Å². The van der Waals surface area contributed by atoms with Crippen molar-refractivity contribution in [1.29, 1.82) is 0 Å². The highest BCUT2D eigenvalue weighted by Crippen LogP contribution is 2.29. The van der Waals surface area contributed by atoms with Gasteiger partial charge in [-0.1, -0.05) is 25.1 Å². The Balaban J connectivity index is 2.01. The van der Waals surface area contributed by atoms with Crippen LogP contribution in [0.5, 0.6) is 5.75 Å². The van der Waals surface area contributed by atoms with E-state index < -0.39 is 16.7 Å². The van der Waals surface area contributed by atoms with Gasteiger partial charge in [-0.15, -0.1) is 0 Å². The van der Waals surface area contributed by atoms with E-state index in [0.29, 0.717) is 17.0 Å². The van der Waals surface area contributed by atoms with Crippen molar-refractivity contribution in [3.05, 3.63) is 69.8 Å². The van der Waals surface area contributed by atoms with Gasteiger partial charge < -0.3 is 4.74 Å². The number of benzene rings is 2. The molecule has 0 saturated carbocycles. The summed E-state index contributed by atoms with van der Waals surface area (Å²) in [6, 6.07) is 12.7. The lowest BCUT2D eigenvalue weighted by molar-refractivity contribution is -0.384. The van der Waals surface area contributed by atoms with Crippen LogP contribution in [0, 0.1) is 10.1 Å². The zero-order chi connectivity index (χ0) is 20.3. The molecule has 1 saturated heterocycles. The minimum absolute atomic E-state index is 0.127. The molecule has 144 valence electrons. The van der Waals surface area contributed by atoms with Gasteiger partial charge in [0.1, 0.15) is 11.3 Å². The third kappa shape index (κ3) is 3.85. The number of hydrazine groups is 1. The number of carbonyl (C=O) groups is 2. The van der Waals surface area contributed by atoms with Crippen LogP contribution in [0.3, 0.4) is 0 Å². The molecule has 1 fully saturated rings. The Morgan fingerprint density at radius 2 is 1.93 bits per heavy atom. The van der Waals surface area contributed by atoms with E-state index in [2.05, 4.69) is 5.43 Å². The topological polar surface area (TPSA) is 102 Å². The molecule has 1 atom stereocenters. The van der Waals surface area contributed by atoms with Crippen LogP contribution in [0.2, 0.25) is 0 Å². The Morgan fingerprint density at radius 3 is 2.57 bits per heavy atom. The van der Waals surface area contributed by atoms with Gasteiger partial charge >= 0.3 is 0 Å². The van der Waals surface area contributed by atoms with E-state index in [1.54, 1.807) is 30.3 Å². The second-order valence-electron chi connectivity index (χ2n) is 6.29. The number of nitrogens with zero attached hydrogens (tertiary/aromatic N) is 2. The molecule has 0 aliphatic carbocycles. The van der Waals surface area contributed by atoms with Crippen LogP contribution < -0.4 is 15.2 Å². The van der Waals surface area contributed by atoms with E-state index in [9.17, 15) is 19.7 Å². The molecule has 1 aliphatic rings. The monoisotopic (exact) mass is 381 g/mol.